The van der Waals surface area contributed by atoms with Crippen LogP contribution in [0.5, 0.6) is 0 Å². The molecule has 0 spiro atoms. The number of piperazine rings is 1. The van der Waals surface area contributed by atoms with E-state index in [2.05, 4.69) is 29.4 Å². The van der Waals surface area contributed by atoms with Gasteiger partial charge in [0, 0.05) is 31.1 Å². The van der Waals surface area contributed by atoms with Crippen LogP contribution in [0.15, 0.2) is 34.9 Å². The molecule has 1 aromatic heterocycles. The van der Waals surface area contributed by atoms with E-state index in [1.54, 1.807) is 0 Å². The number of rotatable bonds is 2. The Balaban J connectivity index is 1.84. The number of furan rings is 1. The van der Waals surface area contributed by atoms with Crippen molar-refractivity contribution in [3.8, 4) is 0 Å². The quantitative estimate of drug-likeness (QED) is 0.854. The first kappa shape index (κ1) is 10.8. The summed E-state index contributed by atoms with van der Waals surface area (Å²) < 4.78 is 5.59. The summed E-state index contributed by atoms with van der Waals surface area (Å²) in [6, 6.07) is 8.84. The number of likely N-dealkylation sites (N-methyl/N-ethyl adjacent to an activating group) is 1. The van der Waals surface area contributed by atoms with E-state index in [1.807, 2.05) is 18.4 Å². The van der Waals surface area contributed by atoms with E-state index in [-0.39, 0.29) is 0 Å². The van der Waals surface area contributed by atoms with Gasteiger partial charge in [0.15, 0.2) is 0 Å². The number of hydrogen-bond donors (Lipinski definition) is 1. The molecule has 1 saturated heterocycles. The molecule has 2 heterocycles. The minimum absolute atomic E-state index is 0.574. The zero-order chi connectivity index (χ0) is 11.7. The fourth-order valence-corrected chi connectivity index (χ4v) is 2.54. The Bertz CT molecular complexity index is 506. The molecule has 1 unspecified atom stereocenters. The maximum atomic E-state index is 5.59. The average molecular weight is 230 g/mol. The molecule has 3 rings (SSSR count). The van der Waals surface area contributed by atoms with Gasteiger partial charge in [-0.05, 0) is 25.1 Å². The number of nitrogens with one attached hydrogen (secondary N) is 1. The van der Waals surface area contributed by atoms with Gasteiger partial charge >= 0.3 is 0 Å². The largest absolute Gasteiger partial charge is 0.464 e. The summed E-state index contributed by atoms with van der Waals surface area (Å²) in [6.07, 6.45) is 2.97. The van der Waals surface area contributed by atoms with Crippen molar-refractivity contribution in [3.05, 3.63) is 36.1 Å². The first-order valence-corrected chi connectivity index (χ1v) is 6.20. The van der Waals surface area contributed by atoms with Crippen molar-refractivity contribution in [1.82, 2.24) is 10.2 Å². The predicted octanol–water partition coefficient (Wildman–Crippen LogP) is 1.88. The lowest BCUT2D eigenvalue weighted by Gasteiger charge is -2.32. The maximum absolute atomic E-state index is 5.59. The highest BCUT2D eigenvalue weighted by molar-refractivity contribution is 5.80. The third-order valence-corrected chi connectivity index (χ3v) is 3.66. The van der Waals surface area contributed by atoms with Gasteiger partial charge in [-0.25, -0.2) is 0 Å². The van der Waals surface area contributed by atoms with Crippen LogP contribution in [-0.4, -0.2) is 37.6 Å². The lowest BCUT2D eigenvalue weighted by atomic mass is 10.0. The van der Waals surface area contributed by atoms with E-state index in [9.17, 15) is 0 Å². The standard InChI is InChI=1S/C14H18N2O/c1-16-7-6-15-9-12(16)8-11-10-17-14-5-3-2-4-13(11)14/h2-5,10,12,15H,6-9H2,1H3. The lowest BCUT2D eigenvalue weighted by molar-refractivity contribution is 0.199. The van der Waals surface area contributed by atoms with E-state index in [0.29, 0.717) is 6.04 Å². The Morgan fingerprint density at radius 2 is 2.29 bits per heavy atom. The molecular formula is C14H18N2O. The van der Waals surface area contributed by atoms with Gasteiger partial charge in [0.25, 0.3) is 0 Å². The fraction of sp³-hybridized carbons (Fsp3) is 0.429. The molecular weight excluding hydrogens is 212 g/mol. The van der Waals surface area contributed by atoms with Crippen molar-refractivity contribution in [2.24, 2.45) is 0 Å². The Hall–Kier alpha value is -1.32. The molecule has 1 fully saturated rings. The second-order valence-corrected chi connectivity index (χ2v) is 4.80. The summed E-state index contributed by atoms with van der Waals surface area (Å²) >= 11 is 0. The summed E-state index contributed by atoms with van der Waals surface area (Å²) in [4.78, 5) is 2.43. The van der Waals surface area contributed by atoms with Crippen LogP contribution in [0.2, 0.25) is 0 Å². The third-order valence-electron chi connectivity index (χ3n) is 3.66. The van der Waals surface area contributed by atoms with E-state index < -0.39 is 0 Å². The molecule has 1 aromatic carbocycles. The Morgan fingerprint density at radius 1 is 1.41 bits per heavy atom. The van der Waals surface area contributed by atoms with Crippen LogP contribution in [0.25, 0.3) is 11.0 Å². The SMILES string of the molecule is CN1CCNCC1Cc1coc2ccccc12. The summed E-state index contributed by atoms with van der Waals surface area (Å²) in [7, 11) is 2.20. The van der Waals surface area contributed by atoms with Crippen LogP contribution >= 0.6 is 0 Å². The average Bonchev–Trinajstić information content (AvgIpc) is 2.76. The molecule has 0 bridgehead atoms. The minimum Gasteiger partial charge on any atom is -0.464 e. The topological polar surface area (TPSA) is 28.4 Å². The summed E-state index contributed by atoms with van der Waals surface area (Å²) in [6.45, 7) is 3.29. The zero-order valence-corrected chi connectivity index (χ0v) is 10.1. The van der Waals surface area contributed by atoms with E-state index in [1.165, 1.54) is 10.9 Å². The van der Waals surface area contributed by atoms with Gasteiger partial charge in [0.2, 0.25) is 0 Å². The molecule has 3 heteroatoms. The minimum atomic E-state index is 0.574. The van der Waals surface area contributed by atoms with E-state index in [0.717, 1.165) is 31.6 Å². The van der Waals surface area contributed by atoms with Crippen LogP contribution < -0.4 is 5.32 Å². The van der Waals surface area contributed by atoms with E-state index >= 15 is 0 Å². The maximum Gasteiger partial charge on any atom is 0.134 e. The second-order valence-electron chi connectivity index (χ2n) is 4.80. The fourth-order valence-electron chi connectivity index (χ4n) is 2.54. The number of benzene rings is 1. The monoisotopic (exact) mass is 230 g/mol. The Labute approximate surface area is 101 Å². The first-order valence-electron chi connectivity index (χ1n) is 6.20. The van der Waals surface area contributed by atoms with Gasteiger partial charge in [-0.2, -0.15) is 0 Å². The second kappa shape index (κ2) is 4.51. The third kappa shape index (κ3) is 2.08. The number of hydrogen-bond acceptors (Lipinski definition) is 3. The van der Waals surface area contributed by atoms with Crippen LogP contribution in [0, 0.1) is 0 Å². The van der Waals surface area contributed by atoms with Gasteiger partial charge in [-0.1, -0.05) is 18.2 Å². The molecule has 2 aromatic rings. The van der Waals surface area contributed by atoms with E-state index in [4.69, 9.17) is 4.42 Å². The lowest BCUT2D eigenvalue weighted by Crippen LogP contribution is -2.50. The van der Waals surface area contributed by atoms with Crippen LogP contribution in [0.3, 0.4) is 0 Å². The number of fused-ring (bicyclic) bond motifs is 1. The van der Waals surface area contributed by atoms with Crippen molar-refractivity contribution in [2.75, 3.05) is 26.7 Å². The van der Waals surface area contributed by atoms with Crippen molar-refractivity contribution in [3.63, 3.8) is 0 Å². The molecule has 3 nitrogen and oxygen atoms in total. The normalized spacial score (nSPS) is 22.1. The molecule has 0 radical (unpaired) electrons. The summed E-state index contributed by atoms with van der Waals surface area (Å²) in [5, 5.41) is 4.71. The first-order chi connectivity index (χ1) is 8.34. The molecule has 17 heavy (non-hydrogen) atoms. The molecule has 1 N–H and O–H groups in total. The van der Waals surface area contributed by atoms with Gasteiger partial charge in [-0.15, -0.1) is 0 Å². The van der Waals surface area contributed by atoms with Gasteiger partial charge in [0.1, 0.15) is 5.58 Å². The Morgan fingerprint density at radius 3 is 3.18 bits per heavy atom. The van der Waals surface area contributed by atoms with Crippen LogP contribution in [0.4, 0.5) is 0 Å². The Kier molecular flexibility index (Phi) is 2.87. The van der Waals surface area contributed by atoms with Crippen LogP contribution in [0.1, 0.15) is 5.56 Å². The highest BCUT2D eigenvalue weighted by Crippen LogP contribution is 2.22. The van der Waals surface area contributed by atoms with Crippen molar-refractivity contribution < 1.29 is 4.42 Å². The summed E-state index contributed by atoms with van der Waals surface area (Å²) in [5.74, 6) is 0. The molecule has 90 valence electrons. The van der Waals surface area contributed by atoms with Crippen LogP contribution in [-0.2, 0) is 6.42 Å². The van der Waals surface area contributed by atoms with Gasteiger partial charge in [0.05, 0.1) is 6.26 Å². The summed E-state index contributed by atoms with van der Waals surface area (Å²) in [5.41, 5.74) is 2.31. The molecule has 1 aliphatic heterocycles. The molecule has 1 atom stereocenters. The molecule has 0 saturated carbocycles. The van der Waals surface area contributed by atoms with Crippen molar-refractivity contribution >= 4 is 11.0 Å². The van der Waals surface area contributed by atoms with Crippen molar-refractivity contribution in [1.29, 1.82) is 0 Å². The molecule has 1 aliphatic rings. The molecule has 0 amide bonds. The highest BCUT2D eigenvalue weighted by Gasteiger charge is 2.20. The van der Waals surface area contributed by atoms with Gasteiger partial charge in [-0.3, -0.25) is 0 Å². The van der Waals surface area contributed by atoms with Crippen molar-refractivity contribution in [2.45, 2.75) is 12.5 Å². The molecule has 0 aliphatic carbocycles. The number of para-hydroxylation sites is 1. The van der Waals surface area contributed by atoms with Gasteiger partial charge < -0.3 is 14.6 Å². The zero-order valence-electron chi connectivity index (χ0n) is 10.1. The highest BCUT2D eigenvalue weighted by atomic mass is 16.3. The predicted molar refractivity (Wildman–Crippen MR) is 69.2 cm³/mol. The smallest absolute Gasteiger partial charge is 0.134 e. The number of nitrogens with zero attached hydrogens (tertiary/aromatic N) is 1.